The number of thiazole rings is 1. The minimum Gasteiger partial charge on any atom is -0.467 e. The molecule has 72 valence electrons. The van der Waals surface area contributed by atoms with Crippen molar-refractivity contribution in [2.24, 2.45) is 0 Å². The smallest absolute Gasteiger partial charge is 0.273 e. The van der Waals surface area contributed by atoms with Gasteiger partial charge in [-0.25, -0.2) is 4.98 Å². The highest BCUT2D eigenvalue weighted by Crippen LogP contribution is 2.20. The number of nitrogens with one attached hydrogen (secondary N) is 1. The maximum absolute atomic E-state index is 5.74. The van der Waals surface area contributed by atoms with Crippen molar-refractivity contribution < 1.29 is 4.74 Å². The van der Waals surface area contributed by atoms with Crippen LogP contribution in [0.25, 0.3) is 0 Å². The van der Waals surface area contributed by atoms with Gasteiger partial charge in [-0.15, -0.1) is 0 Å². The Morgan fingerprint density at radius 1 is 1.54 bits per heavy atom. The molecule has 13 heavy (non-hydrogen) atoms. The van der Waals surface area contributed by atoms with Crippen molar-refractivity contribution in [3.63, 3.8) is 0 Å². The monoisotopic (exact) mass is 198 g/mol. The van der Waals surface area contributed by atoms with E-state index in [4.69, 9.17) is 4.74 Å². The second-order valence-corrected chi connectivity index (χ2v) is 4.14. The first-order valence-corrected chi connectivity index (χ1v) is 5.52. The summed E-state index contributed by atoms with van der Waals surface area (Å²) in [6.45, 7) is 4.12. The molecule has 0 amide bonds. The minimum atomic E-state index is 0.367. The van der Waals surface area contributed by atoms with Crippen molar-refractivity contribution in [2.75, 3.05) is 13.1 Å². The zero-order valence-electron chi connectivity index (χ0n) is 7.75. The highest BCUT2D eigenvalue weighted by Gasteiger charge is 2.15. The Labute approximate surface area is 82.1 Å². The molecule has 3 nitrogen and oxygen atoms in total. The van der Waals surface area contributed by atoms with Crippen LogP contribution >= 0.6 is 11.3 Å². The van der Waals surface area contributed by atoms with Crippen molar-refractivity contribution in [1.29, 1.82) is 0 Å². The molecular weight excluding hydrogens is 184 g/mol. The third-order valence-corrected chi connectivity index (χ3v) is 3.00. The first kappa shape index (κ1) is 8.97. The lowest BCUT2D eigenvalue weighted by molar-refractivity contribution is 0.161. The number of piperidine rings is 1. The van der Waals surface area contributed by atoms with Crippen molar-refractivity contribution in [3.05, 3.63) is 11.1 Å². The van der Waals surface area contributed by atoms with Gasteiger partial charge in [0.25, 0.3) is 5.19 Å². The molecule has 1 fully saturated rings. The van der Waals surface area contributed by atoms with E-state index in [1.54, 1.807) is 11.3 Å². The van der Waals surface area contributed by atoms with Gasteiger partial charge in [-0.3, -0.25) is 0 Å². The van der Waals surface area contributed by atoms with Crippen LogP contribution in [0.2, 0.25) is 0 Å². The SMILES string of the molecule is Cc1csc(OC2CCNCC2)n1. The average Bonchev–Trinajstić information content (AvgIpc) is 2.53. The molecule has 0 radical (unpaired) electrons. The molecule has 1 aliphatic heterocycles. The van der Waals surface area contributed by atoms with Crippen LogP contribution in [0, 0.1) is 6.92 Å². The Kier molecular flexibility index (Phi) is 2.80. The van der Waals surface area contributed by atoms with Gasteiger partial charge in [0.15, 0.2) is 0 Å². The normalized spacial score (nSPS) is 18.8. The zero-order chi connectivity index (χ0) is 9.10. The summed E-state index contributed by atoms with van der Waals surface area (Å²) in [5, 5.41) is 6.16. The van der Waals surface area contributed by atoms with E-state index < -0.39 is 0 Å². The van der Waals surface area contributed by atoms with Crippen LogP contribution in [0.3, 0.4) is 0 Å². The molecule has 0 atom stereocenters. The van der Waals surface area contributed by atoms with Gasteiger partial charge >= 0.3 is 0 Å². The van der Waals surface area contributed by atoms with Gasteiger partial charge in [-0.05, 0) is 32.9 Å². The summed E-state index contributed by atoms with van der Waals surface area (Å²) in [4.78, 5) is 4.28. The fourth-order valence-corrected chi connectivity index (χ4v) is 2.15. The molecule has 0 bridgehead atoms. The van der Waals surface area contributed by atoms with Gasteiger partial charge < -0.3 is 10.1 Å². The second kappa shape index (κ2) is 4.07. The summed E-state index contributed by atoms with van der Waals surface area (Å²) in [5.41, 5.74) is 1.05. The number of rotatable bonds is 2. The third kappa shape index (κ3) is 2.42. The second-order valence-electron chi connectivity index (χ2n) is 3.32. The molecule has 0 spiro atoms. The van der Waals surface area contributed by atoms with E-state index in [-0.39, 0.29) is 0 Å². The molecule has 1 saturated heterocycles. The van der Waals surface area contributed by atoms with E-state index >= 15 is 0 Å². The third-order valence-electron chi connectivity index (χ3n) is 2.15. The summed E-state index contributed by atoms with van der Waals surface area (Å²) in [6, 6.07) is 0. The lowest BCUT2D eigenvalue weighted by atomic mass is 10.1. The predicted octanol–water partition coefficient (Wildman–Crippen LogP) is 1.58. The quantitative estimate of drug-likeness (QED) is 0.783. The molecule has 1 aromatic rings. The molecule has 2 heterocycles. The fraction of sp³-hybridized carbons (Fsp3) is 0.667. The molecule has 1 N–H and O–H groups in total. The Morgan fingerprint density at radius 3 is 2.92 bits per heavy atom. The summed E-state index contributed by atoms with van der Waals surface area (Å²) in [5.74, 6) is 0. The molecule has 0 saturated carbocycles. The van der Waals surface area contributed by atoms with Crippen LogP contribution in [0.4, 0.5) is 0 Å². The van der Waals surface area contributed by atoms with Crippen LogP contribution in [0.15, 0.2) is 5.38 Å². The van der Waals surface area contributed by atoms with Crippen molar-refractivity contribution >= 4 is 11.3 Å². The maximum Gasteiger partial charge on any atom is 0.273 e. The zero-order valence-corrected chi connectivity index (χ0v) is 8.56. The molecular formula is C9H14N2OS. The van der Waals surface area contributed by atoms with Crippen LogP contribution in [-0.2, 0) is 0 Å². The van der Waals surface area contributed by atoms with E-state index in [9.17, 15) is 0 Å². The number of ether oxygens (including phenoxy) is 1. The van der Waals surface area contributed by atoms with Crippen molar-refractivity contribution in [1.82, 2.24) is 10.3 Å². The van der Waals surface area contributed by atoms with Crippen LogP contribution < -0.4 is 10.1 Å². The molecule has 1 aromatic heterocycles. The van der Waals surface area contributed by atoms with Crippen molar-refractivity contribution in [2.45, 2.75) is 25.9 Å². The highest BCUT2D eigenvalue weighted by atomic mass is 32.1. The summed E-state index contributed by atoms with van der Waals surface area (Å²) in [6.07, 6.45) is 2.56. The van der Waals surface area contributed by atoms with Crippen LogP contribution in [-0.4, -0.2) is 24.2 Å². The van der Waals surface area contributed by atoms with E-state index in [1.807, 2.05) is 12.3 Å². The van der Waals surface area contributed by atoms with E-state index in [2.05, 4.69) is 10.3 Å². The largest absolute Gasteiger partial charge is 0.467 e. The lowest BCUT2D eigenvalue weighted by Crippen LogP contribution is -2.34. The van der Waals surface area contributed by atoms with Crippen molar-refractivity contribution in [3.8, 4) is 5.19 Å². The molecule has 0 aromatic carbocycles. The molecule has 2 rings (SSSR count). The van der Waals surface area contributed by atoms with E-state index in [0.29, 0.717) is 6.10 Å². The molecule has 0 aliphatic carbocycles. The Balaban J connectivity index is 1.89. The van der Waals surface area contributed by atoms with Gasteiger partial charge in [-0.1, -0.05) is 11.3 Å². The predicted molar refractivity (Wildman–Crippen MR) is 53.4 cm³/mol. The maximum atomic E-state index is 5.74. The highest BCUT2D eigenvalue weighted by molar-refractivity contribution is 7.11. The Bertz CT molecular complexity index is 268. The number of hydrogen-bond acceptors (Lipinski definition) is 4. The van der Waals surface area contributed by atoms with Gasteiger partial charge in [0.2, 0.25) is 0 Å². The average molecular weight is 198 g/mol. The Morgan fingerprint density at radius 2 is 2.31 bits per heavy atom. The van der Waals surface area contributed by atoms with Gasteiger partial charge in [0.05, 0.1) is 5.69 Å². The number of nitrogens with zero attached hydrogens (tertiary/aromatic N) is 1. The number of hydrogen-bond donors (Lipinski definition) is 1. The molecule has 1 aliphatic rings. The van der Waals surface area contributed by atoms with Gasteiger partial charge in [0, 0.05) is 5.38 Å². The lowest BCUT2D eigenvalue weighted by Gasteiger charge is -2.22. The molecule has 4 heteroatoms. The van der Waals surface area contributed by atoms with Crippen LogP contribution in [0.5, 0.6) is 5.19 Å². The van der Waals surface area contributed by atoms with Gasteiger partial charge in [0.1, 0.15) is 6.10 Å². The van der Waals surface area contributed by atoms with Crippen LogP contribution in [0.1, 0.15) is 18.5 Å². The van der Waals surface area contributed by atoms with E-state index in [1.165, 1.54) is 0 Å². The first-order valence-electron chi connectivity index (χ1n) is 4.64. The molecule has 0 unspecified atom stereocenters. The summed E-state index contributed by atoms with van der Waals surface area (Å²) in [7, 11) is 0. The minimum absolute atomic E-state index is 0.367. The number of aryl methyl sites for hydroxylation is 1. The number of aromatic nitrogens is 1. The fourth-order valence-electron chi connectivity index (χ4n) is 1.44. The summed E-state index contributed by atoms with van der Waals surface area (Å²) >= 11 is 1.59. The first-order chi connectivity index (χ1) is 6.34. The topological polar surface area (TPSA) is 34.1 Å². The summed E-state index contributed by atoms with van der Waals surface area (Å²) < 4.78 is 5.74. The Hall–Kier alpha value is -0.610. The van der Waals surface area contributed by atoms with E-state index in [0.717, 1.165) is 36.8 Å². The van der Waals surface area contributed by atoms with Gasteiger partial charge in [-0.2, -0.15) is 0 Å². The standard InChI is InChI=1S/C9H14N2OS/c1-7-6-13-9(11-7)12-8-2-4-10-5-3-8/h6,8,10H,2-5H2,1H3.